The molecule has 1 aliphatic rings. The molecule has 2 atom stereocenters. The van der Waals surface area contributed by atoms with Gasteiger partial charge in [-0.3, -0.25) is 14.3 Å². The lowest BCUT2D eigenvalue weighted by molar-refractivity contribution is -0.387. The minimum absolute atomic E-state index is 0.0469. The van der Waals surface area contributed by atoms with Gasteiger partial charge in [0.2, 0.25) is 0 Å². The molecule has 0 aliphatic heterocycles. The molecule has 5 nitrogen and oxygen atoms in total. The second kappa shape index (κ2) is 7.66. The van der Waals surface area contributed by atoms with E-state index in [-0.39, 0.29) is 11.7 Å². The van der Waals surface area contributed by atoms with Gasteiger partial charge in [0.15, 0.2) is 0 Å². The summed E-state index contributed by atoms with van der Waals surface area (Å²) in [5.41, 5.74) is -0.0469. The number of nitro benzene ring substituents is 1. The highest BCUT2D eigenvalue weighted by Gasteiger charge is 2.26. The lowest BCUT2D eigenvalue weighted by atomic mass is 9.84. The van der Waals surface area contributed by atoms with Crippen LogP contribution in [0.15, 0.2) is 29.2 Å². The molecule has 6 heteroatoms. The molecule has 0 heterocycles. The van der Waals surface area contributed by atoms with Gasteiger partial charge in [0.25, 0.3) is 5.69 Å². The van der Waals surface area contributed by atoms with Crippen LogP contribution in [-0.4, -0.2) is 28.0 Å². The molecule has 2 unspecified atom stereocenters. The average Bonchev–Trinajstić information content (AvgIpc) is 2.53. The second-order valence-electron chi connectivity index (χ2n) is 5.53. The van der Waals surface area contributed by atoms with Crippen LogP contribution in [0.5, 0.6) is 0 Å². The normalized spacial score (nSPS) is 19.1. The number of hydrogen-bond donors (Lipinski definition) is 1. The standard InChI is InChI=1S/C15H22N2O3S/c1-16-13(12-7-3-2-4-8-12)11-21(20)15-10-6-5-9-14(15)17(18)19/h5-6,9-10,12-13,16H,2-4,7-8,11H2,1H3. The Morgan fingerprint density at radius 3 is 2.62 bits per heavy atom. The van der Waals surface area contributed by atoms with Crippen LogP contribution in [0.3, 0.4) is 0 Å². The van der Waals surface area contributed by atoms with Gasteiger partial charge in [0.05, 0.1) is 15.7 Å². The molecule has 21 heavy (non-hydrogen) atoms. The number of rotatable bonds is 6. The van der Waals surface area contributed by atoms with Gasteiger partial charge in [-0.15, -0.1) is 0 Å². The Kier molecular flexibility index (Phi) is 5.87. The molecule has 0 bridgehead atoms. The SMILES string of the molecule is CNC(CS(=O)c1ccccc1[N+](=O)[O-])C1CCCCC1. The van der Waals surface area contributed by atoms with Crippen molar-refractivity contribution >= 4 is 16.5 Å². The zero-order valence-electron chi connectivity index (χ0n) is 12.3. The summed E-state index contributed by atoms with van der Waals surface area (Å²) in [6, 6.07) is 6.49. The molecule has 1 aromatic rings. The Bertz CT molecular complexity index is 515. The topological polar surface area (TPSA) is 72.2 Å². The van der Waals surface area contributed by atoms with Crippen molar-refractivity contribution in [2.75, 3.05) is 12.8 Å². The summed E-state index contributed by atoms with van der Waals surface area (Å²) in [7, 11) is 0.533. The summed E-state index contributed by atoms with van der Waals surface area (Å²) in [5, 5.41) is 14.3. The fourth-order valence-electron chi connectivity index (χ4n) is 3.05. The van der Waals surface area contributed by atoms with Crippen LogP contribution in [0.1, 0.15) is 32.1 Å². The summed E-state index contributed by atoms with van der Waals surface area (Å²) < 4.78 is 12.5. The maximum absolute atomic E-state index is 12.5. The number of nitrogens with one attached hydrogen (secondary N) is 1. The van der Waals surface area contributed by atoms with Crippen LogP contribution in [0, 0.1) is 16.0 Å². The number of benzene rings is 1. The summed E-state index contributed by atoms with van der Waals surface area (Å²) >= 11 is 0. The maximum Gasteiger partial charge on any atom is 0.285 e. The van der Waals surface area contributed by atoms with Crippen LogP contribution in [0.2, 0.25) is 0 Å². The summed E-state index contributed by atoms with van der Waals surface area (Å²) in [6.45, 7) is 0. The molecule has 1 aliphatic carbocycles. The highest BCUT2D eigenvalue weighted by molar-refractivity contribution is 7.85. The number of para-hydroxylation sites is 1. The van der Waals surface area contributed by atoms with E-state index in [1.807, 2.05) is 7.05 Å². The van der Waals surface area contributed by atoms with Gasteiger partial charge in [-0.25, -0.2) is 0 Å². The molecule has 0 radical (unpaired) electrons. The first-order chi connectivity index (χ1) is 10.1. The van der Waals surface area contributed by atoms with Gasteiger partial charge in [-0.1, -0.05) is 31.4 Å². The minimum atomic E-state index is -1.35. The van der Waals surface area contributed by atoms with E-state index in [9.17, 15) is 14.3 Å². The zero-order chi connectivity index (χ0) is 15.2. The van der Waals surface area contributed by atoms with E-state index in [0.29, 0.717) is 16.6 Å². The molecule has 116 valence electrons. The molecular formula is C15H22N2O3S. The summed E-state index contributed by atoms with van der Waals surface area (Å²) in [5.74, 6) is 0.960. The monoisotopic (exact) mass is 310 g/mol. The largest absolute Gasteiger partial charge is 0.316 e. The molecule has 0 saturated heterocycles. The van der Waals surface area contributed by atoms with Gasteiger partial charge < -0.3 is 5.32 Å². The van der Waals surface area contributed by atoms with Crippen LogP contribution < -0.4 is 5.32 Å². The van der Waals surface area contributed by atoms with E-state index in [2.05, 4.69) is 5.32 Å². The van der Waals surface area contributed by atoms with Gasteiger partial charge in [0, 0.05) is 17.9 Å². The van der Waals surface area contributed by atoms with Gasteiger partial charge >= 0.3 is 0 Å². The first kappa shape index (κ1) is 16.1. The maximum atomic E-state index is 12.5. The van der Waals surface area contributed by atoms with Crippen LogP contribution >= 0.6 is 0 Å². The fraction of sp³-hybridized carbons (Fsp3) is 0.600. The molecule has 1 aromatic carbocycles. The molecule has 1 fully saturated rings. The Morgan fingerprint density at radius 1 is 1.33 bits per heavy atom. The fourth-order valence-corrected chi connectivity index (χ4v) is 4.60. The van der Waals surface area contributed by atoms with E-state index >= 15 is 0 Å². The molecule has 2 rings (SSSR count). The third-order valence-corrected chi connectivity index (χ3v) is 5.73. The van der Waals surface area contributed by atoms with Crippen molar-refractivity contribution in [1.29, 1.82) is 0 Å². The highest BCUT2D eigenvalue weighted by Crippen LogP contribution is 2.28. The van der Waals surface area contributed by atoms with E-state index in [1.165, 1.54) is 25.3 Å². The lowest BCUT2D eigenvalue weighted by Crippen LogP contribution is -2.39. The van der Waals surface area contributed by atoms with Crippen molar-refractivity contribution in [1.82, 2.24) is 5.32 Å². The molecule has 1 N–H and O–H groups in total. The predicted octanol–water partition coefficient (Wildman–Crippen LogP) is 2.87. The molecule has 0 amide bonds. The van der Waals surface area contributed by atoms with Crippen LogP contribution in [0.4, 0.5) is 5.69 Å². The molecule has 0 spiro atoms. The first-order valence-corrected chi connectivity index (χ1v) is 8.74. The first-order valence-electron chi connectivity index (χ1n) is 7.42. The molecular weight excluding hydrogens is 288 g/mol. The predicted molar refractivity (Wildman–Crippen MR) is 83.8 cm³/mol. The highest BCUT2D eigenvalue weighted by atomic mass is 32.2. The lowest BCUT2D eigenvalue weighted by Gasteiger charge is -2.29. The third kappa shape index (κ3) is 4.11. The van der Waals surface area contributed by atoms with E-state index in [1.54, 1.807) is 18.2 Å². The van der Waals surface area contributed by atoms with E-state index in [4.69, 9.17) is 0 Å². The molecule has 0 aromatic heterocycles. The quantitative estimate of drug-likeness (QED) is 0.648. The summed E-state index contributed by atoms with van der Waals surface area (Å²) in [6.07, 6.45) is 6.03. The Hall–Kier alpha value is -1.27. The van der Waals surface area contributed by atoms with Crippen molar-refractivity contribution in [3.8, 4) is 0 Å². The van der Waals surface area contributed by atoms with Crippen molar-refractivity contribution in [2.24, 2.45) is 5.92 Å². The van der Waals surface area contributed by atoms with E-state index < -0.39 is 15.7 Å². The zero-order valence-corrected chi connectivity index (χ0v) is 13.1. The van der Waals surface area contributed by atoms with Gasteiger partial charge in [-0.05, 0) is 31.9 Å². The summed E-state index contributed by atoms with van der Waals surface area (Å²) in [4.78, 5) is 10.9. The van der Waals surface area contributed by atoms with Gasteiger partial charge in [0.1, 0.15) is 4.90 Å². The number of nitrogens with zero attached hydrogens (tertiary/aromatic N) is 1. The van der Waals surface area contributed by atoms with Crippen molar-refractivity contribution in [2.45, 2.75) is 43.0 Å². The van der Waals surface area contributed by atoms with Gasteiger partial charge in [-0.2, -0.15) is 0 Å². The van der Waals surface area contributed by atoms with E-state index in [0.717, 1.165) is 12.8 Å². The van der Waals surface area contributed by atoms with Crippen molar-refractivity contribution < 1.29 is 9.13 Å². The smallest absolute Gasteiger partial charge is 0.285 e. The number of hydrogen-bond acceptors (Lipinski definition) is 4. The average molecular weight is 310 g/mol. The van der Waals surface area contributed by atoms with Crippen molar-refractivity contribution in [3.05, 3.63) is 34.4 Å². The van der Waals surface area contributed by atoms with Crippen LogP contribution in [-0.2, 0) is 10.8 Å². The third-order valence-electron chi connectivity index (χ3n) is 4.23. The Labute approximate surface area is 127 Å². The Balaban J connectivity index is 2.10. The number of nitro groups is 1. The Morgan fingerprint density at radius 2 is 2.00 bits per heavy atom. The van der Waals surface area contributed by atoms with Crippen molar-refractivity contribution in [3.63, 3.8) is 0 Å². The van der Waals surface area contributed by atoms with Crippen LogP contribution in [0.25, 0.3) is 0 Å². The minimum Gasteiger partial charge on any atom is -0.316 e. The molecule has 1 saturated carbocycles. The second-order valence-corrected chi connectivity index (χ2v) is 6.99.